The Morgan fingerprint density at radius 2 is 1.88 bits per heavy atom. The van der Waals surface area contributed by atoms with Gasteiger partial charge in [-0.2, -0.15) is 0 Å². The van der Waals surface area contributed by atoms with Gasteiger partial charge in [0.1, 0.15) is 17.9 Å². The Hall–Kier alpha value is -3.32. The third kappa shape index (κ3) is 4.62. The topological polar surface area (TPSA) is 113 Å². The number of fused-ring (bicyclic) bond motifs is 1. The number of carbonyl (C=O) groups excluding carboxylic acids is 1. The van der Waals surface area contributed by atoms with Crippen molar-refractivity contribution in [1.29, 1.82) is 0 Å². The minimum atomic E-state index is -1.40. The van der Waals surface area contributed by atoms with Crippen LogP contribution in [-0.4, -0.2) is 45.4 Å². The summed E-state index contributed by atoms with van der Waals surface area (Å²) >= 11 is 0. The van der Waals surface area contributed by atoms with E-state index in [-0.39, 0.29) is 23.5 Å². The highest BCUT2D eigenvalue weighted by Gasteiger charge is 2.37. The highest BCUT2D eigenvalue weighted by Crippen LogP contribution is 2.40. The molecule has 3 rings (SSSR count). The van der Waals surface area contributed by atoms with Crippen LogP contribution in [0.25, 0.3) is 0 Å². The molecule has 0 bridgehead atoms. The lowest BCUT2D eigenvalue weighted by atomic mass is 9.89. The molecule has 0 amide bonds. The van der Waals surface area contributed by atoms with Crippen LogP contribution in [-0.2, 0) is 6.42 Å². The van der Waals surface area contributed by atoms with E-state index >= 15 is 0 Å². The van der Waals surface area contributed by atoms with Crippen LogP contribution in [0, 0.1) is 6.92 Å². The van der Waals surface area contributed by atoms with E-state index in [1.165, 1.54) is 6.07 Å². The molecule has 1 aliphatic heterocycles. The number of aryl methyl sites for hydroxylation is 1. The molecule has 1 aliphatic rings. The first-order valence-corrected chi connectivity index (χ1v) is 10.3. The molecule has 7 heteroatoms. The second-order valence-corrected chi connectivity index (χ2v) is 8.82. The molecule has 0 radical (unpaired) electrons. The fraction of sp³-hybridized carbons (Fsp3) is 0.360. The van der Waals surface area contributed by atoms with Gasteiger partial charge in [-0.3, -0.25) is 4.79 Å². The second kappa shape index (κ2) is 8.67. The Balaban J connectivity index is 2.22. The summed E-state index contributed by atoms with van der Waals surface area (Å²) < 4.78 is 11.7. The van der Waals surface area contributed by atoms with Crippen LogP contribution in [0.2, 0.25) is 0 Å². The zero-order valence-electron chi connectivity index (χ0n) is 18.9. The van der Waals surface area contributed by atoms with E-state index in [0.717, 1.165) is 11.1 Å². The summed E-state index contributed by atoms with van der Waals surface area (Å²) in [6.45, 7) is 8.85. The SMILES string of the molecule is CC(C)=CCc1ccc(O)c(C(=O)O)c1C(=O)c1cc(C)cc2c1O[C@H](C(C)(C)O)CO2. The van der Waals surface area contributed by atoms with Gasteiger partial charge in [-0.15, -0.1) is 0 Å². The van der Waals surface area contributed by atoms with E-state index in [1.54, 1.807) is 39.0 Å². The molecule has 0 unspecified atom stereocenters. The minimum absolute atomic E-state index is 0.100. The zero-order valence-corrected chi connectivity index (χ0v) is 18.9. The Morgan fingerprint density at radius 1 is 1.19 bits per heavy atom. The van der Waals surface area contributed by atoms with Crippen molar-refractivity contribution in [2.75, 3.05) is 6.61 Å². The fourth-order valence-electron chi connectivity index (χ4n) is 3.56. The first-order valence-electron chi connectivity index (χ1n) is 10.3. The number of hydrogen-bond acceptors (Lipinski definition) is 6. The van der Waals surface area contributed by atoms with Crippen LogP contribution in [0.5, 0.6) is 17.2 Å². The normalized spacial score (nSPS) is 15.2. The molecule has 0 saturated heterocycles. The van der Waals surface area contributed by atoms with Gasteiger partial charge in [0.2, 0.25) is 0 Å². The van der Waals surface area contributed by atoms with Crippen molar-refractivity contribution < 1.29 is 34.4 Å². The van der Waals surface area contributed by atoms with E-state index in [1.807, 2.05) is 19.9 Å². The average molecular weight is 440 g/mol. The van der Waals surface area contributed by atoms with Gasteiger partial charge < -0.3 is 24.8 Å². The standard InChI is InChI=1S/C25H28O7/c1-13(2)6-7-15-8-9-17(26)21(24(28)29)20(15)22(27)16-10-14(3)11-18-23(16)32-19(12-31-18)25(4,5)30/h6,8-11,19,26,30H,7,12H2,1-5H3,(H,28,29)/t19-/m0/s1. The first kappa shape index (κ1) is 23.3. The Labute approximate surface area is 186 Å². The maximum Gasteiger partial charge on any atom is 0.340 e. The first-order chi connectivity index (χ1) is 14.9. The molecule has 0 aliphatic carbocycles. The molecule has 0 saturated carbocycles. The van der Waals surface area contributed by atoms with Crippen LogP contribution >= 0.6 is 0 Å². The minimum Gasteiger partial charge on any atom is -0.507 e. The molecule has 7 nitrogen and oxygen atoms in total. The number of allylic oxidation sites excluding steroid dienone is 2. The molecule has 0 aromatic heterocycles. The molecular formula is C25H28O7. The maximum atomic E-state index is 13.8. The Kier molecular flexibility index (Phi) is 6.32. The number of rotatable bonds is 6. The molecule has 2 aromatic carbocycles. The number of carbonyl (C=O) groups is 2. The van der Waals surface area contributed by atoms with Crippen molar-refractivity contribution in [3.63, 3.8) is 0 Å². The monoisotopic (exact) mass is 440 g/mol. The molecular weight excluding hydrogens is 412 g/mol. The van der Waals surface area contributed by atoms with Crippen molar-refractivity contribution in [2.45, 2.75) is 52.7 Å². The van der Waals surface area contributed by atoms with Crippen LogP contribution in [0.4, 0.5) is 0 Å². The average Bonchev–Trinajstić information content (AvgIpc) is 2.69. The lowest BCUT2D eigenvalue weighted by molar-refractivity contribution is -0.0655. The van der Waals surface area contributed by atoms with Gasteiger partial charge in [-0.25, -0.2) is 4.79 Å². The van der Waals surface area contributed by atoms with Gasteiger partial charge in [-0.1, -0.05) is 17.7 Å². The smallest absolute Gasteiger partial charge is 0.340 e. The third-order valence-electron chi connectivity index (χ3n) is 5.32. The summed E-state index contributed by atoms with van der Waals surface area (Å²) in [7, 11) is 0. The summed E-state index contributed by atoms with van der Waals surface area (Å²) in [5.41, 5.74) is 0.524. The predicted octanol–water partition coefficient (Wildman–Crippen LogP) is 4.05. The summed E-state index contributed by atoms with van der Waals surface area (Å²) in [6, 6.07) is 6.15. The number of ketones is 1. The lowest BCUT2D eigenvalue weighted by Gasteiger charge is -2.35. The molecule has 1 heterocycles. The van der Waals surface area contributed by atoms with Crippen LogP contribution in [0.1, 0.15) is 65.1 Å². The van der Waals surface area contributed by atoms with Gasteiger partial charge in [0.05, 0.1) is 11.2 Å². The van der Waals surface area contributed by atoms with Crippen LogP contribution in [0.15, 0.2) is 35.9 Å². The summed E-state index contributed by atoms with van der Waals surface area (Å²) in [6.07, 6.45) is 1.48. The summed E-state index contributed by atoms with van der Waals surface area (Å²) in [4.78, 5) is 25.8. The van der Waals surface area contributed by atoms with Crippen molar-refractivity contribution >= 4 is 11.8 Å². The highest BCUT2D eigenvalue weighted by atomic mass is 16.6. The highest BCUT2D eigenvalue weighted by molar-refractivity contribution is 6.17. The largest absolute Gasteiger partial charge is 0.507 e. The predicted molar refractivity (Wildman–Crippen MR) is 119 cm³/mol. The molecule has 32 heavy (non-hydrogen) atoms. The quantitative estimate of drug-likeness (QED) is 0.459. The number of carboxylic acid groups (broad SMARTS) is 1. The van der Waals surface area contributed by atoms with Crippen molar-refractivity contribution in [3.05, 3.63) is 63.7 Å². The maximum absolute atomic E-state index is 13.8. The number of aromatic hydroxyl groups is 1. The molecule has 0 fully saturated rings. The van der Waals surface area contributed by atoms with E-state index < -0.39 is 34.8 Å². The molecule has 1 atom stereocenters. The number of aromatic carboxylic acids is 1. The van der Waals surface area contributed by atoms with Gasteiger partial charge in [0.25, 0.3) is 0 Å². The Bertz CT molecular complexity index is 1100. The van der Waals surface area contributed by atoms with E-state index in [9.17, 15) is 24.9 Å². The zero-order chi connectivity index (χ0) is 23.8. The molecule has 0 spiro atoms. The number of hydrogen-bond donors (Lipinski definition) is 3. The molecule has 2 aromatic rings. The third-order valence-corrected chi connectivity index (χ3v) is 5.32. The van der Waals surface area contributed by atoms with Crippen LogP contribution in [0.3, 0.4) is 0 Å². The van der Waals surface area contributed by atoms with E-state index in [4.69, 9.17) is 9.47 Å². The number of benzene rings is 2. The van der Waals surface area contributed by atoms with Gasteiger partial charge in [0, 0.05) is 5.56 Å². The number of aliphatic hydroxyl groups is 1. The van der Waals surface area contributed by atoms with Crippen molar-refractivity contribution in [3.8, 4) is 17.2 Å². The van der Waals surface area contributed by atoms with Gasteiger partial charge in [0.15, 0.2) is 23.4 Å². The Morgan fingerprint density at radius 3 is 2.47 bits per heavy atom. The van der Waals surface area contributed by atoms with Crippen LogP contribution < -0.4 is 9.47 Å². The van der Waals surface area contributed by atoms with Gasteiger partial charge >= 0.3 is 5.97 Å². The summed E-state index contributed by atoms with van der Waals surface area (Å²) in [5, 5.41) is 30.4. The summed E-state index contributed by atoms with van der Waals surface area (Å²) in [5.74, 6) is -2.01. The van der Waals surface area contributed by atoms with Crippen molar-refractivity contribution in [2.24, 2.45) is 0 Å². The fourth-order valence-corrected chi connectivity index (χ4v) is 3.56. The van der Waals surface area contributed by atoms with E-state index in [0.29, 0.717) is 17.7 Å². The van der Waals surface area contributed by atoms with E-state index in [2.05, 4.69) is 0 Å². The number of ether oxygens (including phenoxy) is 2. The molecule has 170 valence electrons. The lowest BCUT2D eigenvalue weighted by Crippen LogP contribution is -2.46. The number of carboxylic acids is 1. The van der Waals surface area contributed by atoms with Gasteiger partial charge in [-0.05, 0) is 70.4 Å². The number of phenols is 1. The van der Waals surface area contributed by atoms with Crippen molar-refractivity contribution in [1.82, 2.24) is 0 Å². The molecule has 3 N–H and O–H groups in total. The second-order valence-electron chi connectivity index (χ2n) is 8.82.